The van der Waals surface area contributed by atoms with E-state index in [4.69, 9.17) is 6.42 Å². The number of anilines is 1. The van der Waals surface area contributed by atoms with Gasteiger partial charge in [0.05, 0.1) is 6.54 Å². The maximum atomic E-state index is 5.39. The number of hydrogen-bond donors (Lipinski definition) is 1. The maximum Gasteiger partial charge on any atom is 0.129 e. The first-order valence-electron chi connectivity index (χ1n) is 6.04. The van der Waals surface area contributed by atoms with E-state index >= 15 is 0 Å². The number of nitrogens with zero attached hydrogens (tertiary/aromatic N) is 2. The highest BCUT2D eigenvalue weighted by atomic mass is 15.2. The third-order valence-electron chi connectivity index (χ3n) is 2.80. The molecule has 1 atom stereocenters. The summed E-state index contributed by atoms with van der Waals surface area (Å²) in [6.45, 7) is 5.82. The van der Waals surface area contributed by atoms with E-state index < -0.39 is 0 Å². The first-order chi connectivity index (χ1) is 8.22. The Balaban J connectivity index is 2.91. The number of rotatable bonds is 6. The molecule has 17 heavy (non-hydrogen) atoms. The predicted octanol–water partition coefficient (Wildman–Crippen LogP) is 2.21. The molecule has 1 heterocycles. The van der Waals surface area contributed by atoms with Crippen LogP contribution in [0.2, 0.25) is 0 Å². The number of aromatic nitrogens is 1. The summed E-state index contributed by atoms with van der Waals surface area (Å²) in [5.74, 6) is 3.65. The lowest BCUT2D eigenvalue weighted by molar-refractivity contribution is 0.650. The highest BCUT2D eigenvalue weighted by Gasteiger charge is 2.08. The molecular formula is C14H21N3. The molecule has 0 aliphatic rings. The zero-order valence-corrected chi connectivity index (χ0v) is 10.9. The van der Waals surface area contributed by atoms with Crippen molar-refractivity contribution in [1.29, 1.82) is 0 Å². The second kappa shape index (κ2) is 6.93. The van der Waals surface area contributed by atoms with Gasteiger partial charge in [0.15, 0.2) is 0 Å². The number of nitrogens with one attached hydrogen (secondary N) is 1. The van der Waals surface area contributed by atoms with Crippen LogP contribution in [0.5, 0.6) is 0 Å². The summed E-state index contributed by atoms with van der Waals surface area (Å²) < 4.78 is 0. The van der Waals surface area contributed by atoms with Crippen LogP contribution in [0.15, 0.2) is 18.3 Å². The molecule has 0 fully saturated rings. The van der Waals surface area contributed by atoms with Crippen LogP contribution in [-0.2, 0) is 0 Å². The highest BCUT2D eigenvalue weighted by molar-refractivity contribution is 5.43. The van der Waals surface area contributed by atoms with E-state index in [1.807, 2.05) is 19.3 Å². The Morgan fingerprint density at radius 1 is 1.59 bits per heavy atom. The summed E-state index contributed by atoms with van der Waals surface area (Å²) in [6, 6.07) is 4.46. The summed E-state index contributed by atoms with van der Waals surface area (Å²) in [5, 5.41) is 3.22. The van der Waals surface area contributed by atoms with Gasteiger partial charge in [-0.1, -0.05) is 12.8 Å². The molecule has 0 spiro atoms. The van der Waals surface area contributed by atoms with Gasteiger partial charge in [-0.3, -0.25) is 0 Å². The van der Waals surface area contributed by atoms with Crippen LogP contribution in [-0.4, -0.2) is 25.1 Å². The van der Waals surface area contributed by atoms with E-state index in [2.05, 4.69) is 41.0 Å². The van der Waals surface area contributed by atoms with Crippen LogP contribution in [0.4, 0.5) is 5.82 Å². The van der Waals surface area contributed by atoms with E-state index in [1.165, 1.54) is 5.56 Å². The average Bonchev–Trinajstić information content (AvgIpc) is 2.37. The van der Waals surface area contributed by atoms with Crippen molar-refractivity contribution in [3.63, 3.8) is 0 Å². The van der Waals surface area contributed by atoms with Crippen molar-refractivity contribution >= 4 is 5.82 Å². The van der Waals surface area contributed by atoms with Crippen molar-refractivity contribution in [3.8, 4) is 12.3 Å². The summed E-state index contributed by atoms with van der Waals surface area (Å²) in [6.07, 6.45) is 8.30. The molecule has 92 valence electrons. The first kappa shape index (κ1) is 13.5. The zero-order valence-electron chi connectivity index (χ0n) is 10.9. The third-order valence-corrected chi connectivity index (χ3v) is 2.80. The molecular weight excluding hydrogens is 210 g/mol. The minimum absolute atomic E-state index is 0.325. The minimum Gasteiger partial charge on any atom is -0.345 e. The van der Waals surface area contributed by atoms with Gasteiger partial charge >= 0.3 is 0 Å². The fourth-order valence-electron chi connectivity index (χ4n) is 1.70. The van der Waals surface area contributed by atoms with Gasteiger partial charge in [-0.2, -0.15) is 0 Å². The summed E-state index contributed by atoms with van der Waals surface area (Å²) in [4.78, 5) is 6.53. The van der Waals surface area contributed by atoms with Crippen molar-refractivity contribution in [2.24, 2.45) is 0 Å². The van der Waals surface area contributed by atoms with E-state index in [0.29, 0.717) is 12.6 Å². The number of pyridine rings is 1. The fraction of sp³-hybridized carbons (Fsp3) is 0.500. The van der Waals surface area contributed by atoms with Crippen molar-refractivity contribution in [2.45, 2.75) is 26.3 Å². The van der Waals surface area contributed by atoms with Crippen molar-refractivity contribution in [1.82, 2.24) is 10.3 Å². The van der Waals surface area contributed by atoms with E-state index in [-0.39, 0.29) is 0 Å². The van der Waals surface area contributed by atoms with Crippen LogP contribution >= 0.6 is 0 Å². The van der Waals surface area contributed by atoms with Gasteiger partial charge in [-0.15, -0.1) is 6.42 Å². The van der Waals surface area contributed by atoms with Crippen molar-refractivity contribution < 1.29 is 0 Å². The van der Waals surface area contributed by atoms with Crippen LogP contribution in [0.1, 0.15) is 31.9 Å². The Morgan fingerprint density at radius 2 is 2.35 bits per heavy atom. The molecule has 0 amide bonds. The average molecular weight is 231 g/mol. The minimum atomic E-state index is 0.325. The lowest BCUT2D eigenvalue weighted by Gasteiger charge is -2.22. The van der Waals surface area contributed by atoms with Crippen molar-refractivity contribution in [3.05, 3.63) is 23.9 Å². The van der Waals surface area contributed by atoms with Crippen LogP contribution in [0, 0.1) is 12.3 Å². The van der Waals surface area contributed by atoms with E-state index in [9.17, 15) is 0 Å². The van der Waals surface area contributed by atoms with Crippen LogP contribution < -0.4 is 10.2 Å². The van der Waals surface area contributed by atoms with Gasteiger partial charge in [0.25, 0.3) is 0 Å². The van der Waals surface area contributed by atoms with Crippen LogP contribution in [0.3, 0.4) is 0 Å². The van der Waals surface area contributed by atoms with Crippen molar-refractivity contribution in [2.75, 3.05) is 25.0 Å². The van der Waals surface area contributed by atoms with E-state index in [0.717, 1.165) is 18.8 Å². The summed E-state index contributed by atoms with van der Waals surface area (Å²) >= 11 is 0. The molecule has 0 radical (unpaired) electrons. The fourth-order valence-corrected chi connectivity index (χ4v) is 1.70. The van der Waals surface area contributed by atoms with Gasteiger partial charge in [0.2, 0.25) is 0 Å². The van der Waals surface area contributed by atoms with Gasteiger partial charge < -0.3 is 10.2 Å². The summed E-state index contributed by atoms with van der Waals surface area (Å²) in [7, 11) is 1.95. The molecule has 1 aromatic rings. The number of hydrogen-bond acceptors (Lipinski definition) is 3. The molecule has 1 rings (SSSR count). The molecule has 0 saturated heterocycles. The largest absolute Gasteiger partial charge is 0.345 e. The molecule has 3 heteroatoms. The topological polar surface area (TPSA) is 28.2 Å². The second-order valence-electron chi connectivity index (χ2n) is 4.08. The molecule has 0 bridgehead atoms. The zero-order chi connectivity index (χ0) is 12.7. The molecule has 3 nitrogen and oxygen atoms in total. The SMILES string of the molecule is C#CCN(CCC)c1cc(C(C)NC)ccn1. The standard InChI is InChI=1S/C14H21N3/c1-5-9-17(10-6-2)14-11-13(7-8-16-14)12(3)15-4/h1,7-8,11-12,15H,6,9-10H2,2-4H3. The maximum absolute atomic E-state index is 5.39. The molecule has 0 aliphatic carbocycles. The Labute approximate surface area is 104 Å². The Kier molecular flexibility index (Phi) is 5.51. The molecule has 0 aromatic carbocycles. The molecule has 0 aliphatic heterocycles. The van der Waals surface area contributed by atoms with Gasteiger partial charge in [0, 0.05) is 18.8 Å². The molecule has 0 saturated carbocycles. The first-order valence-corrected chi connectivity index (χ1v) is 6.04. The molecule has 1 aromatic heterocycles. The monoisotopic (exact) mass is 231 g/mol. The smallest absolute Gasteiger partial charge is 0.129 e. The third kappa shape index (κ3) is 3.76. The van der Waals surface area contributed by atoms with Gasteiger partial charge in [-0.05, 0) is 38.1 Å². The predicted molar refractivity (Wildman–Crippen MR) is 73.0 cm³/mol. The molecule has 1 N–H and O–H groups in total. The Bertz CT molecular complexity index is 381. The van der Waals surface area contributed by atoms with Gasteiger partial charge in [-0.25, -0.2) is 4.98 Å². The highest BCUT2D eigenvalue weighted by Crippen LogP contribution is 2.17. The normalized spacial score (nSPS) is 11.9. The lowest BCUT2D eigenvalue weighted by atomic mass is 10.1. The van der Waals surface area contributed by atoms with E-state index in [1.54, 1.807) is 0 Å². The quantitative estimate of drug-likeness (QED) is 0.761. The Hall–Kier alpha value is -1.53. The Morgan fingerprint density at radius 3 is 2.94 bits per heavy atom. The number of terminal acetylenes is 1. The van der Waals surface area contributed by atoms with Gasteiger partial charge in [0.1, 0.15) is 5.82 Å². The van der Waals surface area contributed by atoms with Crippen LogP contribution in [0.25, 0.3) is 0 Å². The second-order valence-corrected chi connectivity index (χ2v) is 4.08. The molecule has 1 unspecified atom stereocenters. The lowest BCUT2D eigenvalue weighted by Crippen LogP contribution is -2.25. The summed E-state index contributed by atoms with van der Waals surface area (Å²) in [5.41, 5.74) is 1.23.